The van der Waals surface area contributed by atoms with Crippen LogP contribution in [0.1, 0.15) is 0 Å². The first-order chi connectivity index (χ1) is 10.8. The first-order valence-electron chi connectivity index (χ1n) is 6.95. The van der Waals surface area contributed by atoms with Crippen LogP contribution in [0.15, 0.2) is 24.4 Å². The molecule has 22 heavy (non-hydrogen) atoms. The van der Waals surface area contributed by atoms with Crippen molar-refractivity contribution in [3.05, 3.63) is 30.5 Å². The van der Waals surface area contributed by atoms with Crippen molar-refractivity contribution in [3.8, 4) is 11.5 Å². The summed E-state index contributed by atoms with van der Waals surface area (Å²) in [4.78, 5) is 12.0. The van der Waals surface area contributed by atoms with Crippen molar-refractivity contribution >= 4 is 28.5 Å². The minimum absolute atomic E-state index is 0.474. The highest BCUT2D eigenvalue weighted by molar-refractivity contribution is 5.88. The highest BCUT2D eigenvalue weighted by Gasteiger charge is 2.17. The highest BCUT2D eigenvalue weighted by Crippen LogP contribution is 2.38. The largest absolute Gasteiger partial charge is 0.485 e. The fraction of sp³-hybridized carbons (Fsp3) is 0.200. The Balaban J connectivity index is 1.75. The summed E-state index contributed by atoms with van der Waals surface area (Å²) in [5.74, 6) is 2.46. The lowest BCUT2D eigenvalue weighted by Gasteiger charge is -2.20. The number of aromatic nitrogens is 3. The minimum atomic E-state index is 0.474. The van der Waals surface area contributed by atoms with E-state index < -0.39 is 0 Å². The Hall–Kier alpha value is -2.96. The zero-order chi connectivity index (χ0) is 14.9. The molecule has 0 amide bonds. The number of H-pyrrole nitrogens is 1. The molecule has 1 aliphatic rings. The van der Waals surface area contributed by atoms with Gasteiger partial charge in [0, 0.05) is 19.3 Å². The molecule has 3 aromatic rings. The molecule has 1 aliphatic heterocycles. The highest BCUT2D eigenvalue weighted by atomic mass is 16.6. The maximum Gasteiger partial charge on any atom is 0.231 e. The van der Waals surface area contributed by atoms with Crippen molar-refractivity contribution in [3.63, 3.8) is 0 Å². The van der Waals surface area contributed by atoms with Gasteiger partial charge in [0.1, 0.15) is 24.7 Å². The average Bonchev–Trinajstić information content (AvgIpc) is 3.03. The lowest BCUT2D eigenvalue weighted by molar-refractivity contribution is 0.172. The van der Waals surface area contributed by atoms with Crippen molar-refractivity contribution in [1.29, 1.82) is 0 Å². The van der Waals surface area contributed by atoms with E-state index in [-0.39, 0.29) is 0 Å². The summed E-state index contributed by atoms with van der Waals surface area (Å²) >= 11 is 0. The van der Waals surface area contributed by atoms with E-state index >= 15 is 0 Å². The topological polar surface area (TPSA) is 84.1 Å². The summed E-state index contributed by atoms with van der Waals surface area (Å²) in [7, 11) is 1.83. The maximum absolute atomic E-state index is 5.66. The van der Waals surface area contributed by atoms with Gasteiger partial charge in [-0.05, 0) is 18.2 Å². The maximum atomic E-state index is 5.66. The minimum Gasteiger partial charge on any atom is -0.485 e. The van der Waals surface area contributed by atoms with E-state index in [0.29, 0.717) is 30.7 Å². The van der Waals surface area contributed by atoms with Crippen LogP contribution in [0.25, 0.3) is 11.0 Å². The van der Waals surface area contributed by atoms with E-state index in [0.717, 1.165) is 22.5 Å². The standard InChI is InChI=1S/C15H14N5O2/c1-16-13-9-5-6-17-14(9)20-15(19-13)18-10-3-2-4-11-12(10)22-8-7-21-11/h2-3,5-6H,7-8H2,1H3,(H3,16,17,18,19,20). The van der Waals surface area contributed by atoms with E-state index in [2.05, 4.69) is 31.7 Å². The third kappa shape index (κ3) is 2.07. The Morgan fingerprint density at radius 1 is 1.23 bits per heavy atom. The molecular formula is C15H14N5O2. The van der Waals surface area contributed by atoms with Crippen molar-refractivity contribution in [2.24, 2.45) is 0 Å². The molecule has 111 valence electrons. The molecule has 1 aromatic carbocycles. The first kappa shape index (κ1) is 12.8. The number of ether oxygens (including phenoxy) is 2. The van der Waals surface area contributed by atoms with Crippen LogP contribution in [0.5, 0.6) is 11.5 Å². The number of nitrogens with zero attached hydrogens (tertiary/aromatic N) is 2. The quantitative estimate of drug-likeness (QED) is 0.688. The van der Waals surface area contributed by atoms with Crippen LogP contribution >= 0.6 is 0 Å². The molecule has 1 radical (unpaired) electrons. The van der Waals surface area contributed by atoms with Gasteiger partial charge in [0.15, 0.2) is 11.5 Å². The van der Waals surface area contributed by atoms with Gasteiger partial charge in [-0.1, -0.05) is 0 Å². The van der Waals surface area contributed by atoms with E-state index in [1.54, 1.807) is 6.07 Å². The third-order valence-electron chi connectivity index (χ3n) is 3.39. The van der Waals surface area contributed by atoms with Crippen LogP contribution in [-0.4, -0.2) is 35.2 Å². The molecule has 0 aliphatic carbocycles. The summed E-state index contributed by atoms with van der Waals surface area (Å²) < 4.78 is 11.2. The molecule has 3 heterocycles. The Bertz CT molecular complexity index is 830. The Morgan fingerprint density at radius 3 is 3.05 bits per heavy atom. The Kier molecular flexibility index (Phi) is 2.96. The number of hydrogen-bond donors (Lipinski definition) is 3. The summed E-state index contributed by atoms with van der Waals surface area (Å²) in [6.07, 6.45) is 1.83. The molecular weight excluding hydrogens is 282 g/mol. The normalized spacial score (nSPS) is 13.1. The number of nitrogens with one attached hydrogen (secondary N) is 3. The molecule has 0 unspecified atom stereocenters. The second-order valence-corrected chi connectivity index (χ2v) is 4.76. The summed E-state index contributed by atoms with van der Waals surface area (Å²) in [5, 5.41) is 7.19. The molecule has 7 nitrogen and oxygen atoms in total. The van der Waals surface area contributed by atoms with Gasteiger partial charge in [0.25, 0.3) is 0 Å². The fourth-order valence-electron chi connectivity index (χ4n) is 2.41. The lowest BCUT2D eigenvalue weighted by atomic mass is 10.2. The predicted octanol–water partition coefficient (Wildman–Crippen LogP) is 2.31. The molecule has 0 saturated heterocycles. The van der Waals surface area contributed by atoms with Crippen molar-refractivity contribution < 1.29 is 9.47 Å². The monoisotopic (exact) mass is 296 g/mol. The molecule has 0 saturated carbocycles. The van der Waals surface area contributed by atoms with Gasteiger partial charge in [0.2, 0.25) is 5.95 Å². The number of rotatable bonds is 3. The average molecular weight is 296 g/mol. The van der Waals surface area contributed by atoms with E-state index in [1.807, 2.05) is 25.4 Å². The number of aromatic amines is 1. The zero-order valence-corrected chi connectivity index (χ0v) is 11.9. The lowest BCUT2D eigenvalue weighted by Crippen LogP contribution is -2.16. The first-order valence-corrected chi connectivity index (χ1v) is 6.95. The van der Waals surface area contributed by atoms with E-state index in [9.17, 15) is 0 Å². The van der Waals surface area contributed by atoms with E-state index in [1.165, 1.54) is 0 Å². The molecule has 2 aromatic heterocycles. The fourth-order valence-corrected chi connectivity index (χ4v) is 2.41. The molecule has 3 N–H and O–H groups in total. The van der Waals surface area contributed by atoms with Crippen molar-refractivity contribution in [2.45, 2.75) is 0 Å². The Morgan fingerprint density at radius 2 is 2.14 bits per heavy atom. The molecule has 0 spiro atoms. The van der Waals surface area contributed by atoms with Crippen LogP contribution in [0.3, 0.4) is 0 Å². The van der Waals surface area contributed by atoms with Crippen molar-refractivity contribution in [1.82, 2.24) is 15.0 Å². The van der Waals surface area contributed by atoms with Gasteiger partial charge in [-0.15, -0.1) is 0 Å². The van der Waals surface area contributed by atoms with Crippen LogP contribution < -0.4 is 20.1 Å². The molecule has 4 rings (SSSR count). The van der Waals surface area contributed by atoms with Gasteiger partial charge in [-0.3, -0.25) is 0 Å². The third-order valence-corrected chi connectivity index (χ3v) is 3.39. The second-order valence-electron chi connectivity index (χ2n) is 4.76. The smallest absolute Gasteiger partial charge is 0.231 e. The molecule has 0 bridgehead atoms. The van der Waals surface area contributed by atoms with Gasteiger partial charge in [-0.2, -0.15) is 9.97 Å². The predicted molar refractivity (Wildman–Crippen MR) is 83.0 cm³/mol. The van der Waals surface area contributed by atoms with Crippen LogP contribution in [-0.2, 0) is 0 Å². The van der Waals surface area contributed by atoms with E-state index in [4.69, 9.17) is 9.47 Å². The van der Waals surface area contributed by atoms with Crippen LogP contribution in [0.2, 0.25) is 0 Å². The van der Waals surface area contributed by atoms with Crippen molar-refractivity contribution in [2.75, 3.05) is 30.9 Å². The molecule has 0 fully saturated rings. The van der Waals surface area contributed by atoms with Gasteiger partial charge >= 0.3 is 0 Å². The zero-order valence-electron chi connectivity index (χ0n) is 11.9. The summed E-state index contributed by atoms with van der Waals surface area (Å²) in [5.41, 5.74) is 1.51. The van der Waals surface area contributed by atoms with Gasteiger partial charge in [-0.25, -0.2) is 0 Å². The van der Waals surface area contributed by atoms with Crippen LogP contribution in [0.4, 0.5) is 17.5 Å². The molecule has 7 heteroatoms. The number of fused-ring (bicyclic) bond motifs is 2. The van der Waals surface area contributed by atoms with Gasteiger partial charge < -0.3 is 25.1 Å². The number of anilines is 3. The number of hydrogen-bond acceptors (Lipinski definition) is 6. The van der Waals surface area contributed by atoms with Gasteiger partial charge in [0.05, 0.1) is 11.1 Å². The SMILES string of the molecule is CNc1nc(Nc2cc[c]c3c2OCCO3)nc2[nH]ccc12. The van der Waals surface area contributed by atoms with Crippen LogP contribution in [0, 0.1) is 6.07 Å². The molecule has 0 atom stereocenters. The Labute approximate surface area is 126 Å². The number of benzene rings is 1. The summed E-state index contributed by atoms with van der Waals surface area (Å²) in [6.45, 7) is 1.04. The second kappa shape index (κ2) is 5.10. The summed E-state index contributed by atoms with van der Waals surface area (Å²) in [6, 6.07) is 8.58.